The molecule has 0 spiro atoms. The van der Waals surface area contributed by atoms with Gasteiger partial charge in [0.2, 0.25) is 20.0 Å². The molecular weight excluding hydrogens is 490 g/mol. The van der Waals surface area contributed by atoms with Gasteiger partial charge in [-0.1, -0.05) is 58.5 Å². The first-order valence-electron chi connectivity index (χ1n) is 7.95. The lowest BCUT2D eigenvalue weighted by Gasteiger charge is -2.33. The molecule has 1 saturated heterocycles. The standard InChI is InChI=1S/C16H14Cl4N2O4S2/c17-11-3-1-4-12(18)15(11)27(23,24)21-7-9-22(10-8-21)28(25,26)16-13(19)5-2-6-14(16)20/h1-6H,7-10H2. The third kappa shape index (κ3) is 4.02. The Morgan fingerprint density at radius 1 is 0.571 bits per heavy atom. The summed E-state index contributed by atoms with van der Waals surface area (Å²) in [6, 6.07) is 8.81. The molecule has 1 fully saturated rings. The van der Waals surface area contributed by atoms with Crippen LogP contribution in [-0.4, -0.2) is 51.6 Å². The summed E-state index contributed by atoms with van der Waals surface area (Å²) >= 11 is 24.1. The average molecular weight is 504 g/mol. The number of benzene rings is 2. The minimum absolute atomic E-state index is 0.00500. The average Bonchev–Trinajstić information content (AvgIpc) is 2.61. The highest BCUT2D eigenvalue weighted by Crippen LogP contribution is 2.34. The summed E-state index contributed by atoms with van der Waals surface area (Å²) in [4.78, 5) is -0.382. The molecule has 0 N–H and O–H groups in total. The fraction of sp³-hybridized carbons (Fsp3) is 0.250. The van der Waals surface area contributed by atoms with Crippen molar-refractivity contribution >= 4 is 66.5 Å². The first kappa shape index (κ1) is 22.1. The van der Waals surface area contributed by atoms with E-state index in [2.05, 4.69) is 0 Å². The molecule has 6 nitrogen and oxygen atoms in total. The molecule has 0 radical (unpaired) electrons. The van der Waals surface area contributed by atoms with Crippen molar-refractivity contribution in [3.63, 3.8) is 0 Å². The van der Waals surface area contributed by atoms with Gasteiger partial charge in [-0.2, -0.15) is 8.61 Å². The fourth-order valence-corrected chi connectivity index (χ4v) is 7.89. The second-order valence-corrected chi connectivity index (χ2v) is 11.3. The third-order valence-electron chi connectivity index (χ3n) is 4.23. The lowest BCUT2D eigenvalue weighted by Crippen LogP contribution is -2.50. The largest absolute Gasteiger partial charge is 0.246 e. The predicted molar refractivity (Wildman–Crippen MR) is 110 cm³/mol. The van der Waals surface area contributed by atoms with E-state index in [1.807, 2.05) is 0 Å². The summed E-state index contributed by atoms with van der Waals surface area (Å²) in [5.74, 6) is 0. The topological polar surface area (TPSA) is 74.8 Å². The van der Waals surface area contributed by atoms with Gasteiger partial charge in [-0.25, -0.2) is 16.8 Å². The summed E-state index contributed by atoms with van der Waals surface area (Å²) in [6.07, 6.45) is 0. The van der Waals surface area contributed by atoms with Crippen molar-refractivity contribution in [3.05, 3.63) is 56.5 Å². The van der Waals surface area contributed by atoms with Crippen LogP contribution in [0.4, 0.5) is 0 Å². The Labute approximate surface area is 183 Å². The maximum Gasteiger partial charge on any atom is 0.246 e. The molecule has 152 valence electrons. The van der Waals surface area contributed by atoms with E-state index in [0.29, 0.717) is 0 Å². The lowest BCUT2D eigenvalue weighted by atomic mass is 10.4. The summed E-state index contributed by atoms with van der Waals surface area (Å²) in [5.41, 5.74) is 0. The van der Waals surface area contributed by atoms with Crippen molar-refractivity contribution < 1.29 is 16.8 Å². The van der Waals surface area contributed by atoms with Crippen molar-refractivity contribution in [2.24, 2.45) is 0 Å². The summed E-state index contributed by atoms with van der Waals surface area (Å²) < 4.78 is 53.9. The van der Waals surface area contributed by atoms with Gasteiger partial charge in [0.15, 0.2) is 0 Å². The van der Waals surface area contributed by atoms with E-state index in [9.17, 15) is 16.8 Å². The van der Waals surface area contributed by atoms with Gasteiger partial charge in [0.05, 0.1) is 20.1 Å². The summed E-state index contributed by atoms with van der Waals surface area (Å²) in [6.45, 7) is -0.257. The van der Waals surface area contributed by atoms with Gasteiger partial charge in [0, 0.05) is 26.2 Å². The zero-order valence-electron chi connectivity index (χ0n) is 14.1. The van der Waals surface area contributed by atoms with Crippen molar-refractivity contribution in [3.8, 4) is 0 Å². The molecule has 12 heteroatoms. The Morgan fingerprint density at radius 3 is 1.07 bits per heavy atom. The van der Waals surface area contributed by atoms with Gasteiger partial charge in [0.1, 0.15) is 9.79 Å². The molecule has 2 aromatic rings. The normalized spacial score (nSPS) is 17.0. The molecule has 2 aromatic carbocycles. The molecule has 0 saturated carbocycles. The monoisotopic (exact) mass is 502 g/mol. The second kappa shape index (κ2) is 8.28. The molecule has 0 aromatic heterocycles. The zero-order valence-corrected chi connectivity index (χ0v) is 18.8. The van der Waals surface area contributed by atoms with Crippen LogP contribution in [0.15, 0.2) is 46.2 Å². The van der Waals surface area contributed by atoms with Crippen LogP contribution in [0.5, 0.6) is 0 Å². The van der Waals surface area contributed by atoms with Crippen LogP contribution >= 0.6 is 46.4 Å². The number of nitrogens with zero attached hydrogens (tertiary/aromatic N) is 2. The molecular formula is C16H14Cl4N2O4S2. The van der Waals surface area contributed by atoms with Crippen LogP contribution in [0.2, 0.25) is 20.1 Å². The van der Waals surface area contributed by atoms with Gasteiger partial charge in [-0.3, -0.25) is 0 Å². The molecule has 1 aliphatic rings. The van der Waals surface area contributed by atoms with Gasteiger partial charge in [-0.05, 0) is 24.3 Å². The van der Waals surface area contributed by atoms with E-state index in [0.717, 1.165) is 8.61 Å². The smallest absolute Gasteiger partial charge is 0.207 e. The number of hydrogen-bond acceptors (Lipinski definition) is 4. The summed E-state index contributed by atoms with van der Waals surface area (Å²) in [5, 5.41) is 0.0200. The predicted octanol–water partition coefficient (Wildman–Crippen LogP) is 4.00. The molecule has 1 aliphatic heterocycles. The zero-order chi connectivity index (χ0) is 20.7. The van der Waals surface area contributed by atoms with E-state index >= 15 is 0 Å². The first-order chi connectivity index (χ1) is 13.1. The number of hydrogen-bond donors (Lipinski definition) is 0. The van der Waals surface area contributed by atoms with Crippen molar-refractivity contribution in [2.75, 3.05) is 26.2 Å². The van der Waals surface area contributed by atoms with E-state index in [4.69, 9.17) is 46.4 Å². The van der Waals surface area contributed by atoms with E-state index in [-0.39, 0.29) is 56.1 Å². The number of rotatable bonds is 4. The first-order valence-corrected chi connectivity index (χ1v) is 12.3. The number of halogens is 4. The Morgan fingerprint density at radius 2 is 0.821 bits per heavy atom. The van der Waals surface area contributed by atoms with Crippen LogP contribution in [0, 0.1) is 0 Å². The Balaban J connectivity index is 1.85. The van der Waals surface area contributed by atoms with Crippen molar-refractivity contribution in [1.29, 1.82) is 0 Å². The summed E-state index contributed by atoms with van der Waals surface area (Å²) in [7, 11) is -7.95. The number of piperazine rings is 1. The highest BCUT2D eigenvalue weighted by Gasteiger charge is 2.37. The Kier molecular flexibility index (Phi) is 6.54. The van der Waals surface area contributed by atoms with Crippen LogP contribution in [0.1, 0.15) is 0 Å². The SMILES string of the molecule is O=S(=O)(c1c(Cl)cccc1Cl)N1CCN(S(=O)(=O)c2c(Cl)cccc2Cl)CC1. The molecule has 28 heavy (non-hydrogen) atoms. The Bertz CT molecular complexity index is 985. The van der Waals surface area contributed by atoms with Gasteiger partial charge < -0.3 is 0 Å². The molecule has 0 unspecified atom stereocenters. The quantitative estimate of drug-likeness (QED) is 0.632. The van der Waals surface area contributed by atoms with Crippen molar-refractivity contribution in [2.45, 2.75) is 9.79 Å². The van der Waals surface area contributed by atoms with Crippen LogP contribution < -0.4 is 0 Å². The maximum atomic E-state index is 12.9. The second-order valence-electron chi connectivity index (χ2n) is 5.91. The van der Waals surface area contributed by atoms with Crippen LogP contribution in [0.25, 0.3) is 0 Å². The molecule has 3 rings (SSSR count). The lowest BCUT2D eigenvalue weighted by molar-refractivity contribution is 0.273. The maximum absolute atomic E-state index is 12.9. The van der Waals surface area contributed by atoms with E-state index < -0.39 is 20.0 Å². The van der Waals surface area contributed by atoms with E-state index in [1.54, 1.807) is 12.1 Å². The van der Waals surface area contributed by atoms with Crippen molar-refractivity contribution in [1.82, 2.24) is 8.61 Å². The van der Waals surface area contributed by atoms with Gasteiger partial charge >= 0.3 is 0 Å². The minimum Gasteiger partial charge on any atom is -0.207 e. The van der Waals surface area contributed by atoms with Gasteiger partial charge in [0.25, 0.3) is 0 Å². The fourth-order valence-electron chi connectivity index (χ4n) is 2.87. The van der Waals surface area contributed by atoms with Crippen LogP contribution in [0.3, 0.4) is 0 Å². The molecule has 1 heterocycles. The van der Waals surface area contributed by atoms with Crippen LogP contribution in [-0.2, 0) is 20.0 Å². The molecule has 0 bridgehead atoms. The molecule has 0 aliphatic carbocycles. The van der Waals surface area contributed by atoms with Gasteiger partial charge in [-0.15, -0.1) is 0 Å². The van der Waals surface area contributed by atoms with E-state index in [1.165, 1.54) is 24.3 Å². The third-order valence-corrected chi connectivity index (χ3v) is 9.94. The molecule has 0 atom stereocenters. The highest BCUT2D eigenvalue weighted by molar-refractivity contribution is 7.90. The number of sulfonamides is 2. The Hall–Kier alpha value is -0.580. The molecule has 0 amide bonds. The highest BCUT2D eigenvalue weighted by atomic mass is 35.5. The minimum atomic E-state index is -3.98.